The molecule has 0 saturated carbocycles. The second-order valence-electron chi connectivity index (χ2n) is 5.70. The van der Waals surface area contributed by atoms with Crippen molar-refractivity contribution in [1.82, 2.24) is 19.4 Å². The van der Waals surface area contributed by atoms with Crippen LogP contribution in [0.25, 0.3) is 0 Å². The number of imidazole rings is 1. The number of aryl methyl sites for hydroxylation is 2. The fourth-order valence-electron chi connectivity index (χ4n) is 2.34. The quantitative estimate of drug-likeness (QED) is 0.748. The maximum atomic E-state index is 5.72. The molecule has 0 aliphatic carbocycles. The Morgan fingerprint density at radius 2 is 2.00 bits per heavy atom. The number of likely N-dealkylation sites (N-methyl/N-ethyl adjacent to an activating group) is 1. The molecule has 0 aliphatic rings. The number of hydrogen-bond donors (Lipinski definition) is 0. The molecule has 2 aromatic heterocycles. The fourth-order valence-corrected chi connectivity index (χ4v) is 2.34. The Kier molecular flexibility index (Phi) is 5.59. The molecule has 2 rings (SSSR count). The van der Waals surface area contributed by atoms with Crippen molar-refractivity contribution in [2.75, 3.05) is 27.2 Å². The topological polar surface area (TPSA) is 37.4 Å². The number of rotatable bonds is 8. The van der Waals surface area contributed by atoms with Crippen molar-refractivity contribution in [3.05, 3.63) is 41.9 Å². The van der Waals surface area contributed by atoms with Crippen LogP contribution in [0.4, 0.5) is 0 Å². The van der Waals surface area contributed by atoms with Crippen LogP contribution < -0.4 is 0 Å². The van der Waals surface area contributed by atoms with Crippen LogP contribution in [0.3, 0.4) is 0 Å². The Balaban J connectivity index is 2.04. The Bertz CT molecular complexity index is 544. The predicted octanol–water partition coefficient (Wildman–Crippen LogP) is 2.37. The van der Waals surface area contributed by atoms with E-state index in [4.69, 9.17) is 4.42 Å². The van der Waals surface area contributed by atoms with E-state index in [1.54, 1.807) is 0 Å². The predicted molar refractivity (Wildman–Crippen MR) is 84.0 cm³/mol. The van der Waals surface area contributed by atoms with Crippen molar-refractivity contribution in [2.45, 2.75) is 33.5 Å². The zero-order valence-corrected chi connectivity index (χ0v) is 13.5. The summed E-state index contributed by atoms with van der Waals surface area (Å²) in [6.45, 7) is 8.83. The SMILES string of the molecule is CCn1cncc1CN(CCN(C)C)Cc1ccc(C)o1. The van der Waals surface area contributed by atoms with Crippen LogP contribution >= 0.6 is 0 Å². The third-order valence-electron chi connectivity index (χ3n) is 3.56. The summed E-state index contributed by atoms with van der Waals surface area (Å²) < 4.78 is 7.91. The normalized spacial score (nSPS) is 11.7. The molecule has 5 nitrogen and oxygen atoms in total. The molecule has 0 bridgehead atoms. The van der Waals surface area contributed by atoms with E-state index >= 15 is 0 Å². The lowest BCUT2D eigenvalue weighted by atomic mass is 10.3. The van der Waals surface area contributed by atoms with E-state index in [0.29, 0.717) is 0 Å². The van der Waals surface area contributed by atoms with E-state index in [1.807, 2.05) is 25.5 Å². The van der Waals surface area contributed by atoms with Crippen LogP contribution in [0.2, 0.25) is 0 Å². The highest BCUT2D eigenvalue weighted by Gasteiger charge is 2.12. The number of nitrogens with zero attached hydrogens (tertiary/aromatic N) is 4. The zero-order chi connectivity index (χ0) is 15.2. The van der Waals surface area contributed by atoms with E-state index < -0.39 is 0 Å². The van der Waals surface area contributed by atoms with Crippen molar-refractivity contribution in [2.24, 2.45) is 0 Å². The van der Waals surface area contributed by atoms with Gasteiger partial charge in [-0.1, -0.05) is 0 Å². The lowest BCUT2D eigenvalue weighted by molar-refractivity contribution is 0.205. The van der Waals surface area contributed by atoms with Crippen molar-refractivity contribution < 1.29 is 4.42 Å². The van der Waals surface area contributed by atoms with Crippen molar-refractivity contribution in [3.63, 3.8) is 0 Å². The van der Waals surface area contributed by atoms with Gasteiger partial charge in [0.1, 0.15) is 11.5 Å². The summed E-state index contributed by atoms with van der Waals surface area (Å²) in [5.41, 5.74) is 1.25. The van der Waals surface area contributed by atoms with E-state index in [1.165, 1.54) is 5.69 Å². The van der Waals surface area contributed by atoms with Crippen LogP contribution in [0.5, 0.6) is 0 Å². The molecule has 0 spiro atoms. The molecule has 21 heavy (non-hydrogen) atoms. The van der Waals surface area contributed by atoms with Crippen LogP contribution in [0.15, 0.2) is 29.1 Å². The first-order valence-electron chi connectivity index (χ1n) is 7.50. The van der Waals surface area contributed by atoms with Gasteiger partial charge >= 0.3 is 0 Å². The fraction of sp³-hybridized carbons (Fsp3) is 0.562. The second kappa shape index (κ2) is 7.43. The van der Waals surface area contributed by atoms with Gasteiger partial charge in [0.25, 0.3) is 0 Å². The summed E-state index contributed by atoms with van der Waals surface area (Å²) in [7, 11) is 4.21. The minimum absolute atomic E-state index is 0.830. The van der Waals surface area contributed by atoms with Gasteiger partial charge in [0.2, 0.25) is 0 Å². The minimum Gasteiger partial charge on any atom is -0.465 e. The first kappa shape index (κ1) is 15.8. The van der Waals surface area contributed by atoms with Gasteiger partial charge in [-0.2, -0.15) is 0 Å². The number of furan rings is 1. The van der Waals surface area contributed by atoms with Gasteiger partial charge in [-0.05, 0) is 40.1 Å². The second-order valence-corrected chi connectivity index (χ2v) is 5.70. The molecular weight excluding hydrogens is 264 g/mol. The lowest BCUT2D eigenvalue weighted by Crippen LogP contribution is -2.31. The van der Waals surface area contributed by atoms with E-state index in [0.717, 1.165) is 44.2 Å². The van der Waals surface area contributed by atoms with Crippen molar-refractivity contribution in [1.29, 1.82) is 0 Å². The van der Waals surface area contributed by atoms with E-state index in [-0.39, 0.29) is 0 Å². The van der Waals surface area contributed by atoms with Crippen LogP contribution in [0.1, 0.15) is 24.1 Å². The first-order chi connectivity index (χ1) is 10.1. The summed E-state index contributed by atoms with van der Waals surface area (Å²) >= 11 is 0. The van der Waals surface area contributed by atoms with Crippen LogP contribution in [0, 0.1) is 6.92 Å². The highest BCUT2D eigenvalue weighted by Crippen LogP contribution is 2.12. The highest BCUT2D eigenvalue weighted by molar-refractivity contribution is 5.06. The highest BCUT2D eigenvalue weighted by atomic mass is 16.3. The largest absolute Gasteiger partial charge is 0.465 e. The first-order valence-corrected chi connectivity index (χ1v) is 7.50. The average molecular weight is 290 g/mol. The monoisotopic (exact) mass is 290 g/mol. The van der Waals surface area contributed by atoms with Gasteiger partial charge in [-0.3, -0.25) is 4.90 Å². The Labute approximate surface area is 127 Å². The summed E-state index contributed by atoms with van der Waals surface area (Å²) in [6, 6.07) is 4.09. The Morgan fingerprint density at radius 1 is 1.19 bits per heavy atom. The van der Waals surface area contributed by atoms with Gasteiger partial charge in [-0.15, -0.1) is 0 Å². The van der Waals surface area contributed by atoms with Gasteiger partial charge in [-0.25, -0.2) is 4.98 Å². The molecule has 5 heteroatoms. The Morgan fingerprint density at radius 3 is 2.62 bits per heavy atom. The molecule has 0 amide bonds. The number of hydrogen-bond acceptors (Lipinski definition) is 4. The molecular formula is C16H26N4O. The molecule has 0 radical (unpaired) electrons. The average Bonchev–Trinajstić information content (AvgIpc) is 3.05. The Hall–Kier alpha value is -1.59. The molecule has 0 aromatic carbocycles. The maximum absolute atomic E-state index is 5.72. The van der Waals surface area contributed by atoms with Crippen molar-refractivity contribution >= 4 is 0 Å². The lowest BCUT2D eigenvalue weighted by Gasteiger charge is -2.23. The summed E-state index contributed by atoms with van der Waals surface area (Å²) in [4.78, 5) is 8.86. The molecule has 0 atom stereocenters. The van der Waals surface area contributed by atoms with Gasteiger partial charge in [0.05, 0.1) is 18.6 Å². The molecule has 0 fully saturated rings. The summed E-state index contributed by atoms with van der Waals surface area (Å²) in [6.07, 6.45) is 3.86. The molecule has 0 aliphatic heterocycles. The minimum atomic E-state index is 0.830. The van der Waals surface area contributed by atoms with Gasteiger partial charge in [0.15, 0.2) is 0 Å². The third-order valence-corrected chi connectivity index (χ3v) is 3.56. The standard InChI is InChI=1S/C16H26N4O/c1-5-20-13-17-10-15(20)11-19(9-8-18(3)4)12-16-7-6-14(2)21-16/h6-7,10,13H,5,8-9,11-12H2,1-4H3. The molecule has 2 heterocycles. The maximum Gasteiger partial charge on any atom is 0.118 e. The van der Waals surface area contributed by atoms with Crippen LogP contribution in [-0.2, 0) is 19.6 Å². The zero-order valence-electron chi connectivity index (χ0n) is 13.5. The van der Waals surface area contributed by atoms with Gasteiger partial charge in [0, 0.05) is 32.4 Å². The molecule has 116 valence electrons. The van der Waals surface area contributed by atoms with Crippen LogP contribution in [-0.4, -0.2) is 46.5 Å². The number of aromatic nitrogens is 2. The molecule has 0 unspecified atom stereocenters. The van der Waals surface area contributed by atoms with Crippen molar-refractivity contribution in [3.8, 4) is 0 Å². The third kappa shape index (κ3) is 4.72. The molecule has 0 N–H and O–H groups in total. The molecule has 2 aromatic rings. The summed E-state index contributed by atoms with van der Waals surface area (Å²) in [5, 5.41) is 0. The molecule has 0 saturated heterocycles. The summed E-state index contributed by atoms with van der Waals surface area (Å²) in [5.74, 6) is 1.99. The smallest absolute Gasteiger partial charge is 0.118 e. The van der Waals surface area contributed by atoms with E-state index in [2.05, 4.69) is 46.4 Å². The van der Waals surface area contributed by atoms with Gasteiger partial charge < -0.3 is 13.9 Å². The van der Waals surface area contributed by atoms with E-state index in [9.17, 15) is 0 Å².